The van der Waals surface area contributed by atoms with Crippen molar-refractivity contribution in [1.82, 2.24) is 14.7 Å². The normalized spacial score (nSPS) is 18.0. The van der Waals surface area contributed by atoms with Gasteiger partial charge in [0.2, 0.25) is 5.91 Å². The van der Waals surface area contributed by atoms with Gasteiger partial charge >= 0.3 is 0 Å². The molecule has 0 spiro atoms. The molecule has 1 aromatic heterocycles. The van der Waals surface area contributed by atoms with Crippen LogP contribution in [-0.4, -0.2) is 53.4 Å². The van der Waals surface area contributed by atoms with Crippen molar-refractivity contribution >= 4 is 11.6 Å². The molecule has 3 heterocycles. The van der Waals surface area contributed by atoms with Gasteiger partial charge in [0.15, 0.2) is 0 Å². The van der Waals surface area contributed by atoms with E-state index >= 15 is 0 Å². The van der Waals surface area contributed by atoms with Gasteiger partial charge in [-0.1, -0.05) is 12.1 Å². The standard InChI is InChI=1S/C18H22N4O2/c1-13-9-14(2)22(19-13)15-10-20(11-15)12-18(23)21-7-8-24-17-6-4-3-5-16(17)21/h3-6,9,15H,7-8,10-12H2,1-2H3. The quantitative estimate of drug-likeness (QED) is 0.863. The number of aryl methyl sites for hydroxylation is 2. The third-order valence-electron chi connectivity index (χ3n) is 4.72. The Morgan fingerprint density at radius 3 is 2.83 bits per heavy atom. The van der Waals surface area contributed by atoms with Gasteiger partial charge in [-0.15, -0.1) is 0 Å². The number of ether oxygens (including phenoxy) is 1. The SMILES string of the molecule is Cc1cc(C)n(C2CN(CC(=O)N3CCOc4ccccc43)C2)n1. The first-order valence-corrected chi connectivity index (χ1v) is 8.39. The summed E-state index contributed by atoms with van der Waals surface area (Å²) in [7, 11) is 0. The highest BCUT2D eigenvalue weighted by atomic mass is 16.5. The van der Waals surface area contributed by atoms with E-state index in [4.69, 9.17) is 4.74 Å². The minimum absolute atomic E-state index is 0.137. The smallest absolute Gasteiger partial charge is 0.241 e. The van der Waals surface area contributed by atoms with Crippen LogP contribution in [0.25, 0.3) is 0 Å². The molecule has 1 fully saturated rings. The molecule has 24 heavy (non-hydrogen) atoms. The average molecular weight is 326 g/mol. The Balaban J connectivity index is 1.38. The van der Waals surface area contributed by atoms with E-state index in [0.29, 0.717) is 25.7 Å². The van der Waals surface area contributed by atoms with Crippen LogP contribution in [0.2, 0.25) is 0 Å². The molecule has 1 saturated heterocycles. The Morgan fingerprint density at radius 1 is 1.29 bits per heavy atom. The third kappa shape index (κ3) is 2.67. The highest BCUT2D eigenvalue weighted by molar-refractivity contribution is 5.96. The first-order chi connectivity index (χ1) is 11.6. The monoisotopic (exact) mass is 326 g/mol. The minimum atomic E-state index is 0.137. The van der Waals surface area contributed by atoms with Crippen LogP contribution in [0.15, 0.2) is 30.3 Å². The number of hydrogen-bond donors (Lipinski definition) is 0. The van der Waals surface area contributed by atoms with E-state index in [1.54, 1.807) is 0 Å². The van der Waals surface area contributed by atoms with E-state index in [0.717, 1.165) is 30.2 Å². The van der Waals surface area contributed by atoms with Gasteiger partial charge in [0.05, 0.1) is 30.5 Å². The van der Waals surface area contributed by atoms with E-state index in [9.17, 15) is 4.79 Å². The van der Waals surface area contributed by atoms with Gasteiger partial charge in [-0.25, -0.2) is 0 Å². The van der Waals surface area contributed by atoms with Crippen molar-refractivity contribution in [2.75, 3.05) is 37.7 Å². The lowest BCUT2D eigenvalue weighted by atomic mass is 10.1. The first-order valence-electron chi connectivity index (χ1n) is 8.39. The molecule has 0 atom stereocenters. The number of amides is 1. The molecule has 126 valence electrons. The molecule has 6 nitrogen and oxygen atoms in total. The van der Waals surface area contributed by atoms with E-state index in [2.05, 4.69) is 27.7 Å². The molecule has 2 aliphatic rings. The predicted octanol–water partition coefficient (Wildman–Crippen LogP) is 1.78. The summed E-state index contributed by atoms with van der Waals surface area (Å²) in [5.74, 6) is 0.929. The molecule has 1 amide bonds. The Bertz CT molecular complexity index is 764. The third-order valence-corrected chi connectivity index (χ3v) is 4.72. The van der Waals surface area contributed by atoms with Crippen molar-refractivity contribution in [3.05, 3.63) is 41.7 Å². The summed E-state index contributed by atoms with van der Waals surface area (Å²) in [6, 6.07) is 10.2. The molecule has 0 radical (unpaired) electrons. The molecular formula is C18H22N4O2. The number of anilines is 1. The summed E-state index contributed by atoms with van der Waals surface area (Å²) in [6.07, 6.45) is 0. The van der Waals surface area contributed by atoms with Crippen molar-refractivity contribution in [1.29, 1.82) is 0 Å². The summed E-state index contributed by atoms with van der Waals surface area (Å²) in [4.78, 5) is 16.7. The van der Waals surface area contributed by atoms with Crippen molar-refractivity contribution in [2.24, 2.45) is 0 Å². The van der Waals surface area contributed by atoms with Crippen LogP contribution in [0, 0.1) is 13.8 Å². The molecule has 0 N–H and O–H groups in total. The maximum atomic E-state index is 12.7. The van der Waals surface area contributed by atoms with Gasteiger partial charge < -0.3 is 9.64 Å². The predicted molar refractivity (Wildman–Crippen MR) is 91.5 cm³/mol. The number of para-hydroxylation sites is 2. The topological polar surface area (TPSA) is 50.6 Å². The van der Waals surface area contributed by atoms with E-state index < -0.39 is 0 Å². The van der Waals surface area contributed by atoms with Crippen LogP contribution in [-0.2, 0) is 4.79 Å². The number of carbonyl (C=O) groups is 1. The van der Waals surface area contributed by atoms with Gasteiger partial charge in [0, 0.05) is 18.8 Å². The summed E-state index contributed by atoms with van der Waals surface area (Å²) in [6.45, 7) is 7.46. The zero-order valence-electron chi connectivity index (χ0n) is 14.1. The fraction of sp³-hybridized carbons (Fsp3) is 0.444. The maximum Gasteiger partial charge on any atom is 0.241 e. The van der Waals surface area contributed by atoms with Crippen LogP contribution in [0.1, 0.15) is 17.4 Å². The Morgan fingerprint density at radius 2 is 2.08 bits per heavy atom. The Labute approximate surface area is 141 Å². The number of carbonyl (C=O) groups excluding carboxylic acids is 1. The number of benzene rings is 1. The molecule has 6 heteroatoms. The lowest BCUT2D eigenvalue weighted by molar-refractivity contribution is -0.121. The first kappa shape index (κ1) is 15.2. The molecule has 2 aliphatic heterocycles. The second-order valence-corrected chi connectivity index (χ2v) is 6.58. The van der Waals surface area contributed by atoms with Crippen molar-refractivity contribution in [3.63, 3.8) is 0 Å². The van der Waals surface area contributed by atoms with Crippen molar-refractivity contribution in [3.8, 4) is 5.75 Å². The summed E-state index contributed by atoms with van der Waals surface area (Å²) in [5.41, 5.74) is 3.11. The van der Waals surface area contributed by atoms with Gasteiger partial charge in [-0.05, 0) is 32.0 Å². The van der Waals surface area contributed by atoms with E-state index in [1.807, 2.05) is 36.1 Å². The van der Waals surface area contributed by atoms with E-state index in [-0.39, 0.29) is 5.91 Å². The molecule has 0 bridgehead atoms. The fourth-order valence-corrected chi connectivity index (χ4v) is 3.55. The molecule has 1 aromatic carbocycles. The lowest BCUT2D eigenvalue weighted by Crippen LogP contribution is -2.53. The van der Waals surface area contributed by atoms with Gasteiger partial charge in [-0.2, -0.15) is 5.10 Å². The summed E-state index contributed by atoms with van der Waals surface area (Å²) < 4.78 is 7.70. The molecular weight excluding hydrogens is 304 g/mol. The summed E-state index contributed by atoms with van der Waals surface area (Å²) >= 11 is 0. The second-order valence-electron chi connectivity index (χ2n) is 6.58. The molecule has 4 rings (SSSR count). The molecule has 0 aliphatic carbocycles. The number of nitrogens with zero attached hydrogens (tertiary/aromatic N) is 4. The van der Waals surface area contributed by atoms with Crippen LogP contribution in [0.4, 0.5) is 5.69 Å². The van der Waals surface area contributed by atoms with Crippen LogP contribution < -0.4 is 9.64 Å². The van der Waals surface area contributed by atoms with Crippen molar-refractivity contribution < 1.29 is 9.53 Å². The number of hydrogen-bond acceptors (Lipinski definition) is 4. The number of fused-ring (bicyclic) bond motifs is 1. The maximum absolute atomic E-state index is 12.7. The molecule has 0 unspecified atom stereocenters. The van der Waals surface area contributed by atoms with Gasteiger partial charge in [0.1, 0.15) is 12.4 Å². The zero-order chi connectivity index (χ0) is 16.7. The zero-order valence-corrected chi connectivity index (χ0v) is 14.1. The molecule has 2 aromatic rings. The van der Waals surface area contributed by atoms with Gasteiger partial charge in [-0.3, -0.25) is 14.4 Å². The minimum Gasteiger partial charge on any atom is -0.490 e. The van der Waals surface area contributed by atoms with Crippen LogP contribution >= 0.6 is 0 Å². The van der Waals surface area contributed by atoms with Crippen LogP contribution in [0.5, 0.6) is 5.75 Å². The fourth-order valence-electron chi connectivity index (χ4n) is 3.55. The van der Waals surface area contributed by atoms with E-state index in [1.165, 1.54) is 5.69 Å². The molecule has 0 saturated carbocycles. The Hall–Kier alpha value is -2.34. The highest BCUT2D eigenvalue weighted by Crippen LogP contribution is 2.31. The summed E-state index contributed by atoms with van der Waals surface area (Å²) in [5, 5.41) is 4.54. The number of rotatable bonds is 3. The second kappa shape index (κ2) is 5.94. The van der Waals surface area contributed by atoms with Crippen molar-refractivity contribution in [2.45, 2.75) is 19.9 Å². The van der Waals surface area contributed by atoms with Crippen LogP contribution in [0.3, 0.4) is 0 Å². The van der Waals surface area contributed by atoms with Gasteiger partial charge in [0.25, 0.3) is 0 Å². The Kier molecular flexibility index (Phi) is 3.76. The lowest BCUT2D eigenvalue weighted by Gasteiger charge is -2.40. The number of likely N-dealkylation sites (tertiary alicyclic amines) is 1. The average Bonchev–Trinajstić information content (AvgIpc) is 2.87. The largest absolute Gasteiger partial charge is 0.490 e. The number of aromatic nitrogens is 2. The highest BCUT2D eigenvalue weighted by Gasteiger charge is 2.33.